The molecule has 0 bridgehead atoms. The minimum atomic E-state index is -1.28. The Bertz CT molecular complexity index is 743. The third-order valence-electron chi connectivity index (χ3n) is 3.79. The highest BCUT2D eigenvalue weighted by Gasteiger charge is 2.35. The Kier molecular flexibility index (Phi) is 3.73. The molecule has 3 rings (SSSR count). The number of aryl methyl sites for hydroxylation is 1. The van der Waals surface area contributed by atoms with Gasteiger partial charge < -0.3 is 19.9 Å². The van der Waals surface area contributed by atoms with Crippen LogP contribution in [0.15, 0.2) is 30.6 Å². The average Bonchev–Trinajstić information content (AvgIpc) is 3.09. The summed E-state index contributed by atoms with van der Waals surface area (Å²) >= 11 is 0. The van der Waals surface area contributed by atoms with Gasteiger partial charge in [0.1, 0.15) is 0 Å². The number of aliphatic hydroxyl groups excluding tert-OH is 1. The maximum absolute atomic E-state index is 12.1. The number of anilines is 1. The number of hydrogen-bond donors (Lipinski definition) is 2. The van der Waals surface area contributed by atoms with Gasteiger partial charge in [-0.05, 0) is 12.1 Å². The van der Waals surface area contributed by atoms with Gasteiger partial charge in [-0.15, -0.1) is 0 Å². The average molecular weight is 317 g/mol. The molecule has 1 aliphatic rings. The van der Waals surface area contributed by atoms with E-state index in [2.05, 4.69) is 10.4 Å². The van der Waals surface area contributed by atoms with Gasteiger partial charge in [0.2, 0.25) is 5.79 Å². The monoisotopic (exact) mass is 317 g/mol. The topological polar surface area (TPSA) is 85.6 Å². The summed E-state index contributed by atoms with van der Waals surface area (Å²) in [4.78, 5) is 12.1. The number of carbonyl (C=O) groups is 1. The Hall–Kier alpha value is -2.54. The maximum Gasteiger partial charge on any atom is 0.257 e. The molecule has 7 heteroatoms. The van der Waals surface area contributed by atoms with E-state index in [1.807, 2.05) is 13.8 Å². The second-order valence-corrected chi connectivity index (χ2v) is 5.69. The molecule has 7 nitrogen and oxygen atoms in total. The zero-order valence-corrected chi connectivity index (χ0v) is 13.2. The van der Waals surface area contributed by atoms with E-state index in [1.165, 1.54) is 10.9 Å². The normalized spacial score (nSPS) is 20.3. The summed E-state index contributed by atoms with van der Waals surface area (Å²) in [5, 5.41) is 16.7. The van der Waals surface area contributed by atoms with Crippen molar-refractivity contribution in [1.82, 2.24) is 9.78 Å². The van der Waals surface area contributed by atoms with Crippen molar-refractivity contribution in [3.05, 3.63) is 36.2 Å². The molecule has 0 saturated heterocycles. The van der Waals surface area contributed by atoms with Gasteiger partial charge in [0.05, 0.1) is 6.20 Å². The second-order valence-electron chi connectivity index (χ2n) is 5.69. The first-order valence-electron chi connectivity index (χ1n) is 7.40. The largest absolute Gasteiger partial charge is 0.449 e. The van der Waals surface area contributed by atoms with Crippen LogP contribution in [0.1, 0.15) is 31.9 Å². The van der Waals surface area contributed by atoms with Crippen LogP contribution in [0.25, 0.3) is 0 Å². The highest BCUT2D eigenvalue weighted by Crippen LogP contribution is 2.42. The van der Waals surface area contributed by atoms with E-state index in [0.29, 0.717) is 29.2 Å². The number of rotatable bonds is 4. The number of aromatic nitrogens is 2. The first-order chi connectivity index (χ1) is 10.9. The molecule has 2 atom stereocenters. The molecule has 0 unspecified atom stereocenters. The molecule has 0 spiro atoms. The van der Waals surface area contributed by atoms with Gasteiger partial charge in [-0.1, -0.05) is 6.92 Å². The molecule has 23 heavy (non-hydrogen) atoms. The van der Waals surface area contributed by atoms with Crippen LogP contribution in [0.3, 0.4) is 0 Å². The van der Waals surface area contributed by atoms with Gasteiger partial charge in [-0.3, -0.25) is 9.48 Å². The summed E-state index contributed by atoms with van der Waals surface area (Å²) in [5.74, 6) is -0.00139. The number of carbonyl (C=O) groups excluding carboxylic acids is 1. The van der Waals surface area contributed by atoms with Gasteiger partial charge >= 0.3 is 0 Å². The van der Waals surface area contributed by atoms with Crippen LogP contribution < -0.4 is 14.8 Å². The van der Waals surface area contributed by atoms with Crippen LogP contribution in [-0.4, -0.2) is 26.6 Å². The second kappa shape index (κ2) is 5.58. The molecule has 0 radical (unpaired) electrons. The quantitative estimate of drug-likeness (QED) is 0.900. The minimum Gasteiger partial charge on any atom is -0.449 e. The number of aliphatic hydroxyl groups is 1. The molecule has 1 aromatic heterocycles. The molecule has 2 heterocycles. The van der Waals surface area contributed by atoms with Gasteiger partial charge in [-0.2, -0.15) is 5.10 Å². The molecule has 1 aromatic carbocycles. The molecular weight excluding hydrogens is 298 g/mol. The molecule has 0 aliphatic carbocycles. The Balaban J connectivity index is 1.72. The van der Waals surface area contributed by atoms with E-state index < -0.39 is 17.8 Å². The van der Waals surface area contributed by atoms with Gasteiger partial charge in [0.25, 0.3) is 5.91 Å². The molecule has 1 aliphatic heterocycles. The highest BCUT2D eigenvalue weighted by atomic mass is 16.7. The first-order valence-corrected chi connectivity index (χ1v) is 7.40. The van der Waals surface area contributed by atoms with E-state index >= 15 is 0 Å². The Morgan fingerprint density at radius 3 is 2.83 bits per heavy atom. The van der Waals surface area contributed by atoms with Crippen molar-refractivity contribution in [3.8, 4) is 11.5 Å². The van der Waals surface area contributed by atoms with Gasteiger partial charge in [0, 0.05) is 43.9 Å². The highest BCUT2D eigenvalue weighted by molar-refractivity contribution is 5.94. The summed E-state index contributed by atoms with van der Waals surface area (Å²) in [7, 11) is 1.72. The Morgan fingerprint density at radius 2 is 2.17 bits per heavy atom. The Labute approximate surface area is 133 Å². The number of amides is 1. The zero-order valence-electron chi connectivity index (χ0n) is 13.2. The molecule has 122 valence electrons. The fourth-order valence-electron chi connectivity index (χ4n) is 2.32. The van der Waals surface area contributed by atoms with Crippen LogP contribution in [0.4, 0.5) is 5.69 Å². The van der Waals surface area contributed by atoms with Crippen LogP contribution in [-0.2, 0) is 11.8 Å². The molecule has 0 saturated carbocycles. The third-order valence-corrected chi connectivity index (χ3v) is 3.79. The number of fused-ring (bicyclic) bond motifs is 1. The van der Waals surface area contributed by atoms with Crippen molar-refractivity contribution >= 4 is 11.6 Å². The van der Waals surface area contributed by atoms with E-state index in [1.54, 1.807) is 31.4 Å². The summed E-state index contributed by atoms with van der Waals surface area (Å²) in [5.41, 5.74) is 0.963. The number of nitrogens with zero attached hydrogens (tertiary/aromatic N) is 2. The smallest absolute Gasteiger partial charge is 0.257 e. The van der Waals surface area contributed by atoms with Gasteiger partial charge in [0.15, 0.2) is 17.6 Å². The minimum absolute atomic E-state index is 0.435. The van der Waals surface area contributed by atoms with Crippen LogP contribution in [0.2, 0.25) is 0 Å². The number of nitrogens with one attached hydrogen (secondary N) is 1. The summed E-state index contributed by atoms with van der Waals surface area (Å²) in [6.07, 6.45) is 2.46. The van der Waals surface area contributed by atoms with Gasteiger partial charge in [-0.25, -0.2) is 0 Å². The molecule has 2 aromatic rings. The fourth-order valence-corrected chi connectivity index (χ4v) is 2.32. The van der Waals surface area contributed by atoms with Crippen molar-refractivity contribution in [2.24, 2.45) is 7.05 Å². The SMILES string of the molecule is CC[C@@]1(C)Oc2ccc(NC(=O)[C@@H](O)c3cnn(C)c3)cc2O1. The van der Waals surface area contributed by atoms with Crippen molar-refractivity contribution in [2.75, 3.05) is 5.32 Å². The molecule has 1 amide bonds. The predicted molar refractivity (Wildman–Crippen MR) is 83.2 cm³/mol. The third kappa shape index (κ3) is 3.00. The lowest BCUT2D eigenvalue weighted by molar-refractivity contribution is -0.124. The zero-order chi connectivity index (χ0) is 16.6. The number of hydrogen-bond acceptors (Lipinski definition) is 5. The standard InChI is InChI=1S/C16H19N3O4/c1-4-16(2)22-12-6-5-11(7-13(12)23-16)18-15(21)14(20)10-8-17-19(3)9-10/h5-9,14,20H,4H2,1-3H3,(H,18,21)/t14-,16-/m0/s1. The van der Waals surface area contributed by atoms with E-state index in [4.69, 9.17) is 9.47 Å². The van der Waals surface area contributed by atoms with Crippen molar-refractivity contribution in [3.63, 3.8) is 0 Å². The Morgan fingerprint density at radius 1 is 1.43 bits per heavy atom. The van der Waals surface area contributed by atoms with Crippen LogP contribution >= 0.6 is 0 Å². The summed E-state index contributed by atoms with van der Waals surface area (Å²) in [6.45, 7) is 3.83. The molecule has 2 N–H and O–H groups in total. The lowest BCUT2D eigenvalue weighted by atomic mass is 10.2. The number of ether oxygens (including phenoxy) is 2. The lowest BCUT2D eigenvalue weighted by Gasteiger charge is -2.20. The summed E-state index contributed by atoms with van der Waals surface area (Å²) in [6, 6.07) is 5.13. The fraction of sp³-hybridized carbons (Fsp3) is 0.375. The maximum atomic E-state index is 12.1. The van der Waals surface area contributed by atoms with Crippen LogP contribution in [0, 0.1) is 0 Å². The van der Waals surface area contributed by atoms with E-state index in [9.17, 15) is 9.90 Å². The van der Waals surface area contributed by atoms with Crippen LogP contribution in [0.5, 0.6) is 11.5 Å². The van der Waals surface area contributed by atoms with Crippen molar-refractivity contribution in [2.45, 2.75) is 32.2 Å². The van der Waals surface area contributed by atoms with Crippen molar-refractivity contribution in [1.29, 1.82) is 0 Å². The number of benzene rings is 1. The van der Waals surface area contributed by atoms with E-state index in [-0.39, 0.29) is 0 Å². The predicted octanol–water partition coefficient (Wildman–Crippen LogP) is 1.99. The summed E-state index contributed by atoms with van der Waals surface area (Å²) < 4.78 is 13.0. The molecule has 0 fully saturated rings. The first kappa shape index (κ1) is 15.4. The van der Waals surface area contributed by atoms with Crippen molar-refractivity contribution < 1.29 is 19.4 Å². The lowest BCUT2D eigenvalue weighted by Crippen LogP contribution is -2.33. The van der Waals surface area contributed by atoms with E-state index in [0.717, 1.165) is 0 Å². The molecular formula is C16H19N3O4.